The first-order valence-corrected chi connectivity index (χ1v) is 8.19. The Morgan fingerprint density at radius 2 is 2.33 bits per heavy atom. The van der Waals surface area contributed by atoms with Gasteiger partial charge >= 0.3 is 6.03 Å². The quantitative estimate of drug-likeness (QED) is 0.783. The lowest BCUT2D eigenvalue weighted by Crippen LogP contribution is -2.55. The number of hydrogen-bond donors (Lipinski definition) is 2. The predicted octanol–water partition coefficient (Wildman–Crippen LogP) is 2.17. The molecule has 0 unspecified atom stereocenters. The number of likely N-dealkylation sites (tertiary alicyclic amines) is 1. The maximum Gasteiger partial charge on any atom is 0.321 e. The number of carbonyl (C=O) groups excluding carboxylic acids is 1. The molecule has 1 aromatic carbocycles. The third kappa shape index (κ3) is 5.25. The van der Waals surface area contributed by atoms with Crippen molar-refractivity contribution >= 4 is 11.7 Å². The molecule has 0 spiro atoms. The highest BCUT2D eigenvalue weighted by Gasteiger charge is 2.35. The summed E-state index contributed by atoms with van der Waals surface area (Å²) in [6, 6.07) is 7.04. The monoisotopic (exact) mass is 333 g/mol. The van der Waals surface area contributed by atoms with E-state index in [1.165, 1.54) is 0 Å². The summed E-state index contributed by atoms with van der Waals surface area (Å²) in [5.74, 6) is 0.676. The fourth-order valence-electron chi connectivity index (χ4n) is 3.02. The van der Waals surface area contributed by atoms with Gasteiger partial charge in [0.25, 0.3) is 0 Å². The molecule has 6 heteroatoms. The van der Waals surface area contributed by atoms with Gasteiger partial charge in [0.15, 0.2) is 0 Å². The molecule has 2 N–H and O–H groups in total. The molecule has 2 rings (SSSR count). The molecular formula is C18H27N3O3. The van der Waals surface area contributed by atoms with Crippen LogP contribution in [0.4, 0.5) is 10.5 Å². The summed E-state index contributed by atoms with van der Waals surface area (Å²) in [7, 11) is 3.84. The lowest BCUT2D eigenvalue weighted by Gasteiger charge is -2.40. The van der Waals surface area contributed by atoms with Gasteiger partial charge in [0.05, 0.1) is 12.1 Å². The molecule has 24 heavy (non-hydrogen) atoms. The summed E-state index contributed by atoms with van der Waals surface area (Å²) in [6.45, 7) is 5.56. The summed E-state index contributed by atoms with van der Waals surface area (Å²) in [6.07, 6.45) is 3.17. The van der Waals surface area contributed by atoms with E-state index in [2.05, 4.69) is 11.9 Å². The van der Waals surface area contributed by atoms with Gasteiger partial charge in [0.2, 0.25) is 0 Å². The first kappa shape index (κ1) is 18.3. The van der Waals surface area contributed by atoms with Gasteiger partial charge in [-0.25, -0.2) is 4.79 Å². The number of amides is 2. The van der Waals surface area contributed by atoms with Gasteiger partial charge in [-0.2, -0.15) is 0 Å². The third-order valence-electron chi connectivity index (χ3n) is 3.91. The highest BCUT2D eigenvalue weighted by Crippen LogP contribution is 2.23. The first-order chi connectivity index (χ1) is 11.4. The molecule has 1 fully saturated rings. The molecule has 0 aliphatic carbocycles. The van der Waals surface area contributed by atoms with Gasteiger partial charge < -0.3 is 25.0 Å². The molecule has 1 aromatic rings. The number of carbonyl (C=O) groups is 1. The Morgan fingerprint density at radius 3 is 3.04 bits per heavy atom. The minimum atomic E-state index is -0.853. The number of urea groups is 1. The fourth-order valence-corrected chi connectivity index (χ4v) is 3.02. The predicted molar refractivity (Wildman–Crippen MR) is 95.5 cm³/mol. The maximum absolute atomic E-state index is 12.5. The highest BCUT2D eigenvalue weighted by molar-refractivity contribution is 5.89. The van der Waals surface area contributed by atoms with E-state index in [9.17, 15) is 9.90 Å². The average molecular weight is 333 g/mol. The SMILES string of the molecule is C=CCOc1cccc(NC(=O)N2CCC[C@](O)(CN(C)C)C2)c1. The van der Waals surface area contributed by atoms with Gasteiger partial charge in [0.1, 0.15) is 12.4 Å². The lowest BCUT2D eigenvalue weighted by molar-refractivity contribution is -0.0333. The molecule has 0 bridgehead atoms. The van der Waals surface area contributed by atoms with E-state index in [1.54, 1.807) is 17.0 Å². The maximum atomic E-state index is 12.5. The molecule has 1 atom stereocenters. The van der Waals surface area contributed by atoms with E-state index in [0.29, 0.717) is 44.1 Å². The largest absolute Gasteiger partial charge is 0.489 e. The normalized spacial score (nSPS) is 20.8. The smallest absolute Gasteiger partial charge is 0.321 e. The van der Waals surface area contributed by atoms with Crippen molar-refractivity contribution in [2.45, 2.75) is 18.4 Å². The van der Waals surface area contributed by atoms with Crippen molar-refractivity contribution < 1.29 is 14.6 Å². The van der Waals surface area contributed by atoms with Crippen molar-refractivity contribution in [1.29, 1.82) is 0 Å². The molecule has 1 heterocycles. The second-order valence-electron chi connectivity index (χ2n) is 6.54. The van der Waals surface area contributed by atoms with Crippen molar-refractivity contribution in [2.75, 3.05) is 45.7 Å². The zero-order valence-corrected chi connectivity index (χ0v) is 14.5. The standard InChI is InChI=1S/C18H27N3O3/c1-4-11-24-16-8-5-7-15(12-16)19-17(22)21-10-6-9-18(23,14-21)13-20(2)3/h4-5,7-8,12,23H,1,6,9-11,13-14H2,2-3H3,(H,19,22)/t18-/m0/s1. The third-order valence-corrected chi connectivity index (χ3v) is 3.91. The number of piperidine rings is 1. The van der Waals surface area contributed by atoms with Crippen LogP contribution in [0.15, 0.2) is 36.9 Å². The van der Waals surface area contributed by atoms with Crippen LogP contribution in [-0.2, 0) is 0 Å². The first-order valence-electron chi connectivity index (χ1n) is 8.19. The molecular weight excluding hydrogens is 306 g/mol. The Hall–Kier alpha value is -2.05. The zero-order chi connectivity index (χ0) is 17.6. The van der Waals surface area contributed by atoms with Crippen molar-refractivity contribution in [3.8, 4) is 5.75 Å². The Labute approximate surface area is 143 Å². The van der Waals surface area contributed by atoms with Crippen molar-refractivity contribution in [3.63, 3.8) is 0 Å². The number of nitrogens with zero attached hydrogens (tertiary/aromatic N) is 2. The Balaban J connectivity index is 1.97. The average Bonchev–Trinajstić information content (AvgIpc) is 2.52. The molecule has 0 aromatic heterocycles. The summed E-state index contributed by atoms with van der Waals surface area (Å²) < 4.78 is 5.47. The minimum Gasteiger partial charge on any atom is -0.489 e. The molecule has 1 saturated heterocycles. The van der Waals surface area contributed by atoms with Crippen LogP contribution in [0.5, 0.6) is 5.75 Å². The number of β-amino-alcohol motifs (C(OH)–C–C–N with tert-alkyl or cyclic N) is 1. The lowest BCUT2D eigenvalue weighted by atomic mass is 9.92. The van der Waals surface area contributed by atoms with E-state index >= 15 is 0 Å². The van der Waals surface area contributed by atoms with Gasteiger partial charge in [-0.1, -0.05) is 18.7 Å². The van der Waals surface area contributed by atoms with Crippen LogP contribution in [0, 0.1) is 0 Å². The van der Waals surface area contributed by atoms with E-state index < -0.39 is 5.60 Å². The van der Waals surface area contributed by atoms with Gasteiger partial charge in [-0.3, -0.25) is 0 Å². The number of benzene rings is 1. The number of anilines is 1. The number of likely N-dealkylation sites (N-methyl/N-ethyl adjacent to an activating group) is 1. The molecule has 0 radical (unpaired) electrons. The van der Waals surface area contributed by atoms with Crippen LogP contribution in [0.1, 0.15) is 12.8 Å². The van der Waals surface area contributed by atoms with E-state index in [4.69, 9.17) is 4.74 Å². The summed E-state index contributed by atoms with van der Waals surface area (Å²) in [5.41, 5.74) is -0.183. The topological polar surface area (TPSA) is 65.0 Å². The molecule has 132 valence electrons. The highest BCUT2D eigenvalue weighted by atomic mass is 16.5. The van der Waals surface area contributed by atoms with E-state index in [0.717, 1.165) is 6.42 Å². The Morgan fingerprint density at radius 1 is 1.54 bits per heavy atom. The van der Waals surface area contributed by atoms with Crippen LogP contribution >= 0.6 is 0 Å². The molecule has 2 amide bonds. The minimum absolute atomic E-state index is 0.201. The molecule has 1 aliphatic rings. The summed E-state index contributed by atoms with van der Waals surface area (Å²) in [5, 5.41) is 13.6. The summed E-state index contributed by atoms with van der Waals surface area (Å²) in [4.78, 5) is 16.1. The van der Waals surface area contributed by atoms with Crippen molar-refractivity contribution in [2.24, 2.45) is 0 Å². The summed E-state index contributed by atoms with van der Waals surface area (Å²) >= 11 is 0. The molecule has 1 aliphatic heterocycles. The van der Waals surface area contributed by atoms with Crippen LogP contribution in [0.25, 0.3) is 0 Å². The fraction of sp³-hybridized carbons (Fsp3) is 0.500. The van der Waals surface area contributed by atoms with E-state index in [-0.39, 0.29) is 6.03 Å². The Bertz CT molecular complexity index is 576. The second kappa shape index (κ2) is 8.17. The van der Waals surface area contributed by atoms with Gasteiger partial charge in [0, 0.05) is 24.8 Å². The number of ether oxygens (including phenoxy) is 1. The number of aliphatic hydroxyl groups is 1. The second-order valence-corrected chi connectivity index (χ2v) is 6.54. The van der Waals surface area contributed by atoms with Gasteiger partial charge in [-0.05, 0) is 39.1 Å². The van der Waals surface area contributed by atoms with Gasteiger partial charge in [-0.15, -0.1) is 0 Å². The molecule has 0 saturated carbocycles. The van der Waals surface area contributed by atoms with Crippen LogP contribution in [-0.4, -0.2) is 66.9 Å². The molecule has 6 nitrogen and oxygen atoms in total. The van der Waals surface area contributed by atoms with E-state index in [1.807, 2.05) is 37.2 Å². The van der Waals surface area contributed by atoms with Crippen molar-refractivity contribution in [1.82, 2.24) is 9.80 Å². The number of nitrogens with one attached hydrogen (secondary N) is 1. The van der Waals surface area contributed by atoms with Crippen LogP contribution in [0.2, 0.25) is 0 Å². The number of rotatable bonds is 6. The van der Waals surface area contributed by atoms with Crippen LogP contribution < -0.4 is 10.1 Å². The van der Waals surface area contributed by atoms with Crippen LogP contribution in [0.3, 0.4) is 0 Å². The number of hydrogen-bond acceptors (Lipinski definition) is 4. The van der Waals surface area contributed by atoms with Crippen molar-refractivity contribution in [3.05, 3.63) is 36.9 Å². The Kier molecular flexibility index (Phi) is 6.23. The zero-order valence-electron chi connectivity index (χ0n) is 14.5.